The van der Waals surface area contributed by atoms with Crippen molar-refractivity contribution >= 4 is 29.1 Å². The van der Waals surface area contributed by atoms with Crippen molar-refractivity contribution in [3.05, 3.63) is 65.2 Å². The molecular weight excluding hydrogens is 374 g/mol. The van der Waals surface area contributed by atoms with Crippen molar-refractivity contribution in [2.45, 2.75) is 13.3 Å². The molecule has 0 bridgehead atoms. The van der Waals surface area contributed by atoms with Crippen LogP contribution in [0.15, 0.2) is 54.6 Å². The van der Waals surface area contributed by atoms with E-state index in [0.29, 0.717) is 43.3 Å². The maximum atomic E-state index is 12.8. The zero-order valence-electron chi connectivity index (χ0n) is 16.2. The molecule has 2 amide bonds. The van der Waals surface area contributed by atoms with Gasteiger partial charge in [-0.2, -0.15) is 0 Å². The molecule has 0 saturated carbocycles. The number of halogens is 1. The molecule has 0 radical (unpaired) electrons. The van der Waals surface area contributed by atoms with E-state index in [-0.39, 0.29) is 11.8 Å². The summed E-state index contributed by atoms with van der Waals surface area (Å²) >= 11 is 6.01. The fourth-order valence-electron chi connectivity index (χ4n) is 3.52. The van der Waals surface area contributed by atoms with Crippen molar-refractivity contribution in [2.75, 3.05) is 44.2 Å². The second-order valence-corrected chi connectivity index (χ2v) is 7.34. The Bertz CT molecular complexity index is 812. The number of anilines is 1. The number of amides is 2. The summed E-state index contributed by atoms with van der Waals surface area (Å²) in [5, 5.41) is 0.563. The molecule has 28 heavy (non-hydrogen) atoms. The number of hydrogen-bond donors (Lipinski definition) is 0. The standard InChI is InChI=1S/C22H26ClN3O2/c1-2-26(20-10-4-3-5-11-20)21(27)17-24-12-7-13-25(15-14-24)22(28)18-8-6-9-19(23)16-18/h3-6,8-11,16H,2,7,12-15,17H2,1H3. The summed E-state index contributed by atoms with van der Waals surface area (Å²) in [4.78, 5) is 31.4. The maximum absolute atomic E-state index is 12.8. The van der Waals surface area contributed by atoms with Crippen LogP contribution in [0.5, 0.6) is 0 Å². The fourth-order valence-corrected chi connectivity index (χ4v) is 3.71. The van der Waals surface area contributed by atoms with Crippen LogP contribution < -0.4 is 4.90 Å². The van der Waals surface area contributed by atoms with Crippen molar-refractivity contribution in [3.8, 4) is 0 Å². The van der Waals surface area contributed by atoms with Crippen LogP contribution in [0.4, 0.5) is 5.69 Å². The normalized spacial score (nSPS) is 15.1. The minimum Gasteiger partial charge on any atom is -0.337 e. The van der Waals surface area contributed by atoms with Gasteiger partial charge in [-0.05, 0) is 43.7 Å². The van der Waals surface area contributed by atoms with Gasteiger partial charge < -0.3 is 9.80 Å². The molecule has 2 aromatic carbocycles. The Balaban J connectivity index is 1.59. The van der Waals surface area contributed by atoms with Gasteiger partial charge >= 0.3 is 0 Å². The Morgan fingerprint density at radius 2 is 1.79 bits per heavy atom. The van der Waals surface area contributed by atoms with Gasteiger partial charge in [-0.1, -0.05) is 35.9 Å². The average molecular weight is 400 g/mol. The lowest BCUT2D eigenvalue weighted by Gasteiger charge is -2.26. The van der Waals surface area contributed by atoms with E-state index in [1.54, 1.807) is 29.2 Å². The molecule has 0 unspecified atom stereocenters. The zero-order chi connectivity index (χ0) is 19.9. The number of benzene rings is 2. The lowest BCUT2D eigenvalue weighted by atomic mass is 10.2. The summed E-state index contributed by atoms with van der Waals surface area (Å²) in [6.07, 6.45) is 0.844. The van der Waals surface area contributed by atoms with Crippen LogP contribution in [-0.4, -0.2) is 60.9 Å². The summed E-state index contributed by atoms with van der Waals surface area (Å²) in [6, 6.07) is 16.8. The topological polar surface area (TPSA) is 43.9 Å². The lowest BCUT2D eigenvalue weighted by Crippen LogP contribution is -2.42. The van der Waals surface area contributed by atoms with E-state index in [1.165, 1.54) is 0 Å². The summed E-state index contributed by atoms with van der Waals surface area (Å²) in [7, 11) is 0. The molecule has 0 aromatic heterocycles. The van der Waals surface area contributed by atoms with E-state index in [2.05, 4.69) is 4.90 Å². The van der Waals surface area contributed by atoms with Gasteiger partial charge in [-0.3, -0.25) is 14.5 Å². The van der Waals surface area contributed by atoms with Crippen LogP contribution in [0, 0.1) is 0 Å². The van der Waals surface area contributed by atoms with Crippen LogP contribution >= 0.6 is 11.6 Å². The van der Waals surface area contributed by atoms with Gasteiger partial charge in [0, 0.05) is 49.0 Å². The number of carbonyl (C=O) groups is 2. The number of para-hydroxylation sites is 1. The summed E-state index contributed by atoms with van der Waals surface area (Å²) < 4.78 is 0. The van der Waals surface area contributed by atoms with Crippen molar-refractivity contribution in [2.24, 2.45) is 0 Å². The molecule has 1 heterocycles. The second kappa shape index (κ2) is 9.71. The van der Waals surface area contributed by atoms with Gasteiger partial charge in [0.25, 0.3) is 5.91 Å². The first-order chi connectivity index (χ1) is 13.6. The molecule has 0 atom stereocenters. The number of nitrogens with zero attached hydrogens (tertiary/aromatic N) is 3. The van der Waals surface area contributed by atoms with Crippen LogP contribution in [0.1, 0.15) is 23.7 Å². The van der Waals surface area contributed by atoms with E-state index < -0.39 is 0 Å². The molecular formula is C22H26ClN3O2. The van der Waals surface area contributed by atoms with Gasteiger partial charge in [0.2, 0.25) is 5.91 Å². The minimum absolute atomic E-state index is 0.00449. The number of rotatable bonds is 5. The van der Waals surface area contributed by atoms with E-state index in [9.17, 15) is 9.59 Å². The molecule has 1 aliphatic rings. The van der Waals surface area contributed by atoms with Crippen molar-refractivity contribution in [1.82, 2.24) is 9.80 Å². The van der Waals surface area contributed by atoms with E-state index in [4.69, 9.17) is 11.6 Å². The maximum Gasteiger partial charge on any atom is 0.253 e. The highest BCUT2D eigenvalue weighted by atomic mass is 35.5. The van der Waals surface area contributed by atoms with E-state index in [1.807, 2.05) is 42.2 Å². The third-order valence-corrected chi connectivity index (χ3v) is 5.23. The van der Waals surface area contributed by atoms with Crippen LogP contribution in [0.3, 0.4) is 0 Å². The number of carbonyl (C=O) groups excluding carboxylic acids is 2. The van der Waals surface area contributed by atoms with Crippen molar-refractivity contribution in [3.63, 3.8) is 0 Å². The number of likely N-dealkylation sites (N-methyl/N-ethyl adjacent to an activating group) is 1. The highest BCUT2D eigenvalue weighted by molar-refractivity contribution is 6.30. The smallest absolute Gasteiger partial charge is 0.253 e. The van der Waals surface area contributed by atoms with Gasteiger partial charge in [-0.25, -0.2) is 0 Å². The summed E-state index contributed by atoms with van der Waals surface area (Å²) in [5.74, 6) is 0.0819. The van der Waals surface area contributed by atoms with Gasteiger partial charge in [0.1, 0.15) is 0 Å². The molecule has 5 nitrogen and oxygen atoms in total. The highest BCUT2D eigenvalue weighted by Crippen LogP contribution is 2.16. The molecule has 0 N–H and O–H groups in total. The van der Waals surface area contributed by atoms with Crippen molar-refractivity contribution in [1.29, 1.82) is 0 Å². The Labute approximate surface area is 171 Å². The molecule has 6 heteroatoms. The molecule has 3 rings (SSSR count). The Morgan fingerprint density at radius 3 is 2.50 bits per heavy atom. The molecule has 148 valence electrons. The molecule has 0 aliphatic carbocycles. The zero-order valence-corrected chi connectivity index (χ0v) is 16.9. The largest absolute Gasteiger partial charge is 0.337 e. The third kappa shape index (κ3) is 5.12. The first-order valence-electron chi connectivity index (χ1n) is 9.71. The Kier molecular flexibility index (Phi) is 7.06. The highest BCUT2D eigenvalue weighted by Gasteiger charge is 2.23. The minimum atomic E-state index is -0.00449. The SMILES string of the molecule is CCN(C(=O)CN1CCCN(C(=O)c2cccc(Cl)c2)CC1)c1ccccc1. The molecule has 1 saturated heterocycles. The molecule has 1 fully saturated rings. The third-order valence-electron chi connectivity index (χ3n) is 4.99. The fraction of sp³-hybridized carbons (Fsp3) is 0.364. The predicted octanol–water partition coefficient (Wildman–Crippen LogP) is 3.54. The Morgan fingerprint density at radius 1 is 1.00 bits per heavy atom. The van der Waals surface area contributed by atoms with E-state index >= 15 is 0 Å². The first kappa shape index (κ1) is 20.4. The first-order valence-corrected chi connectivity index (χ1v) is 10.1. The van der Waals surface area contributed by atoms with E-state index in [0.717, 1.165) is 18.7 Å². The van der Waals surface area contributed by atoms with Gasteiger partial charge in [0.15, 0.2) is 0 Å². The lowest BCUT2D eigenvalue weighted by molar-refractivity contribution is -0.119. The summed E-state index contributed by atoms with van der Waals surface area (Å²) in [5.41, 5.74) is 1.53. The quantitative estimate of drug-likeness (QED) is 0.772. The average Bonchev–Trinajstić information content (AvgIpc) is 2.94. The molecule has 2 aromatic rings. The van der Waals surface area contributed by atoms with Gasteiger partial charge in [0.05, 0.1) is 6.54 Å². The van der Waals surface area contributed by atoms with Crippen molar-refractivity contribution < 1.29 is 9.59 Å². The predicted molar refractivity (Wildman–Crippen MR) is 113 cm³/mol. The van der Waals surface area contributed by atoms with Crippen LogP contribution in [0.2, 0.25) is 5.02 Å². The molecule has 1 aliphatic heterocycles. The monoisotopic (exact) mass is 399 g/mol. The molecule has 0 spiro atoms. The number of hydrogen-bond acceptors (Lipinski definition) is 3. The van der Waals surface area contributed by atoms with Crippen LogP contribution in [-0.2, 0) is 4.79 Å². The Hall–Kier alpha value is -2.37. The van der Waals surface area contributed by atoms with Crippen LogP contribution in [0.25, 0.3) is 0 Å². The van der Waals surface area contributed by atoms with Gasteiger partial charge in [-0.15, -0.1) is 0 Å². The second-order valence-electron chi connectivity index (χ2n) is 6.91. The summed E-state index contributed by atoms with van der Waals surface area (Å²) in [6.45, 7) is 5.76.